The fourth-order valence-corrected chi connectivity index (χ4v) is 5.15. The first-order valence-electron chi connectivity index (χ1n) is 13.2. The average molecular weight is 559 g/mol. The van der Waals surface area contributed by atoms with E-state index in [1.807, 2.05) is 38.1 Å². The molecule has 1 aliphatic carbocycles. The SMILES string of the molecule is CCC(C)C(NC(=O)NCc1ccc(C)cc1)C(=O)N[C@]1(C(=O)O)CCc2[nH]c3c(C(F)(F)F)cccc3c2C1. The number of aromatic nitrogens is 1. The summed E-state index contributed by atoms with van der Waals surface area (Å²) in [5.41, 5.74) is 0.222. The van der Waals surface area contributed by atoms with Gasteiger partial charge in [-0.05, 0) is 42.9 Å². The Kier molecular flexibility index (Phi) is 8.13. The van der Waals surface area contributed by atoms with Gasteiger partial charge >= 0.3 is 18.2 Å². The summed E-state index contributed by atoms with van der Waals surface area (Å²) in [5.74, 6) is -2.28. The van der Waals surface area contributed by atoms with Crippen LogP contribution in [0, 0.1) is 12.8 Å². The zero-order valence-electron chi connectivity index (χ0n) is 22.5. The Morgan fingerprint density at radius 3 is 2.45 bits per heavy atom. The van der Waals surface area contributed by atoms with E-state index in [9.17, 15) is 32.7 Å². The maximum Gasteiger partial charge on any atom is 0.418 e. The molecule has 2 unspecified atom stereocenters. The van der Waals surface area contributed by atoms with E-state index >= 15 is 0 Å². The van der Waals surface area contributed by atoms with Crippen molar-refractivity contribution in [3.8, 4) is 0 Å². The molecule has 5 N–H and O–H groups in total. The molecule has 40 heavy (non-hydrogen) atoms. The Balaban J connectivity index is 1.54. The third kappa shape index (κ3) is 5.93. The van der Waals surface area contributed by atoms with E-state index in [4.69, 9.17) is 0 Å². The van der Waals surface area contributed by atoms with E-state index < -0.39 is 41.2 Å². The highest BCUT2D eigenvalue weighted by molar-refractivity contribution is 5.94. The van der Waals surface area contributed by atoms with Gasteiger partial charge in [-0.2, -0.15) is 13.2 Å². The van der Waals surface area contributed by atoms with Gasteiger partial charge in [-0.3, -0.25) is 4.79 Å². The molecule has 1 aliphatic rings. The molecule has 3 amide bonds. The summed E-state index contributed by atoms with van der Waals surface area (Å²) >= 11 is 0. The molecule has 0 saturated carbocycles. The second-order valence-electron chi connectivity index (χ2n) is 10.5. The first-order chi connectivity index (χ1) is 18.8. The number of alkyl halides is 3. The summed E-state index contributed by atoms with van der Waals surface area (Å²) in [6.07, 6.45) is -4.14. The molecule has 11 heteroatoms. The van der Waals surface area contributed by atoms with Gasteiger partial charge in [0.15, 0.2) is 0 Å². The molecule has 0 spiro atoms. The highest BCUT2D eigenvalue weighted by Crippen LogP contribution is 2.40. The van der Waals surface area contributed by atoms with Crippen LogP contribution in [0.5, 0.6) is 0 Å². The number of urea groups is 1. The van der Waals surface area contributed by atoms with Crippen LogP contribution in [-0.4, -0.2) is 39.6 Å². The number of aryl methyl sites for hydroxylation is 2. The Hall–Kier alpha value is -4.02. The fourth-order valence-electron chi connectivity index (χ4n) is 5.15. The lowest BCUT2D eigenvalue weighted by molar-refractivity contribution is -0.148. The number of H-pyrrole nitrogens is 1. The van der Waals surface area contributed by atoms with Crippen molar-refractivity contribution in [3.05, 3.63) is 70.4 Å². The Morgan fingerprint density at radius 2 is 1.82 bits per heavy atom. The zero-order chi connectivity index (χ0) is 29.2. The molecule has 3 atom stereocenters. The largest absolute Gasteiger partial charge is 0.479 e. The minimum absolute atomic E-state index is 0.0257. The van der Waals surface area contributed by atoms with E-state index in [0.29, 0.717) is 17.7 Å². The van der Waals surface area contributed by atoms with Crippen LogP contribution in [0.2, 0.25) is 0 Å². The average Bonchev–Trinajstić information content (AvgIpc) is 3.28. The first kappa shape index (κ1) is 29.0. The minimum atomic E-state index is -4.58. The van der Waals surface area contributed by atoms with E-state index in [0.717, 1.165) is 17.2 Å². The van der Waals surface area contributed by atoms with Crippen LogP contribution in [0.3, 0.4) is 0 Å². The standard InChI is InChI=1S/C29H33F3N4O4/c1-4-17(3)23(35-27(40)33-15-18-10-8-16(2)9-11-18)25(37)36-28(26(38)39)13-12-22-20(14-28)19-6-5-7-21(24(19)34-22)29(30,31)32/h5-11,17,23,34H,4,12-15H2,1-3H3,(H,36,37)(H,38,39)(H2,33,35,40)/t17?,23?,28-/m1/s1. The number of para-hydroxylation sites is 1. The van der Waals surface area contributed by atoms with Crippen molar-refractivity contribution >= 4 is 28.8 Å². The van der Waals surface area contributed by atoms with Gasteiger partial charge in [0.05, 0.1) is 11.1 Å². The normalized spacial score (nSPS) is 18.4. The number of fused-ring (bicyclic) bond motifs is 3. The van der Waals surface area contributed by atoms with Gasteiger partial charge in [-0.1, -0.05) is 62.2 Å². The van der Waals surface area contributed by atoms with Crippen LogP contribution in [0.15, 0.2) is 42.5 Å². The molecular formula is C29H33F3N4O4. The lowest BCUT2D eigenvalue weighted by atomic mass is 9.79. The molecule has 214 valence electrons. The summed E-state index contributed by atoms with van der Waals surface area (Å²) < 4.78 is 40.8. The number of aliphatic carboxylic acids is 1. The van der Waals surface area contributed by atoms with Gasteiger partial charge in [0, 0.05) is 24.0 Å². The van der Waals surface area contributed by atoms with Crippen molar-refractivity contribution in [2.75, 3.05) is 0 Å². The van der Waals surface area contributed by atoms with Crippen molar-refractivity contribution in [1.29, 1.82) is 0 Å². The summed E-state index contributed by atoms with van der Waals surface area (Å²) in [5, 5.41) is 18.6. The predicted molar refractivity (Wildman–Crippen MR) is 144 cm³/mol. The van der Waals surface area contributed by atoms with E-state index in [1.54, 1.807) is 6.92 Å². The highest BCUT2D eigenvalue weighted by Gasteiger charge is 2.46. The molecule has 0 radical (unpaired) electrons. The third-order valence-electron chi connectivity index (χ3n) is 7.74. The predicted octanol–water partition coefficient (Wildman–Crippen LogP) is 4.84. The molecule has 3 aromatic rings. The van der Waals surface area contributed by atoms with Crippen LogP contribution in [0.25, 0.3) is 10.9 Å². The molecule has 1 heterocycles. The number of hydrogen-bond acceptors (Lipinski definition) is 3. The molecule has 4 rings (SSSR count). The van der Waals surface area contributed by atoms with Crippen molar-refractivity contribution in [3.63, 3.8) is 0 Å². The van der Waals surface area contributed by atoms with E-state index in [1.165, 1.54) is 12.1 Å². The van der Waals surface area contributed by atoms with Gasteiger partial charge in [0.2, 0.25) is 5.91 Å². The minimum Gasteiger partial charge on any atom is -0.479 e. The lowest BCUT2D eigenvalue weighted by Crippen LogP contribution is -2.63. The quantitative estimate of drug-likeness (QED) is 0.272. The van der Waals surface area contributed by atoms with Crippen LogP contribution in [0.4, 0.5) is 18.0 Å². The number of carboxylic acid groups (broad SMARTS) is 1. The Bertz CT molecular complexity index is 1420. The van der Waals surface area contributed by atoms with Crippen molar-refractivity contribution < 1.29 is 32.7 Å². The molecule has 8 nitrogen and oxygen atoms in total. The molecule has 1 aromatic heterocycles. The van der Waals surface area contributed by atoms with Crippen LogP contribution in [0.1, 0.15) is 54.6 Å². The summed E-state index contributed by atoms with van der Waals surface area (Å²) in [6, 6.07) is 9.77. The lowest BCUT2D eigenvalue weighted by Gasteiger charge is -2.36. The topological polar surface area (TPSA) is 123 Å². The number of carboxylic acids is 1. The van der Waals surface area contributed by atoms with E-state index in [-0.39, 0.29) is 42.6 Å². The van der Waals surface area contributed by atoms with Crippen molar-refractivity contribution in [1.82, 2.24) is 20.9 Å². The summed E-state index contributed by atoms with van der Waals surface area (Å²) in [7, 11) is 0. The molecule has 2 aromatic carbocycles. The molecule has 0 fully saturated rings. The summed E-state index contributed by atoms with van der Waals surface area (Å²) in [4.78, 5) is 41.6. The van der Waals surface area contributed by atoms with Crippen LogP contribution < -0.4 is 16.0 Å². The van der Waals surface area contributed by atoms with Crippen molar-refractivity contribution in [2.45, 2.75) is 70.8 Å². The number of carbonyl (C=O) groups is 3. The number of amides is 3. The smallest absolute Gasteiger partial charge is 0.418 e. The maximum absolute atomic E-state index is 13.6. The number of rotatable bonds is 8. The number of carbonyl (C=O) groups excluding carboxylic acids is 2. The highest BCUT2D eigenvalue weighted by atomic mass is 19.4. The number of nitrogens with one attached hydrogen (secondary N) is 4. The van der Waals surface area contributed by atoms with Gasteiger partial charge in [-0.15, -0.1) is 0 Å². The van der Waals surface area contributed by atoms with Gasteiger partial charge in [-0.25, -0.2) is 9.59 Å². The molecule has 0 saturated heterocycles. The molecule has 0 bridgehead atoms. The van der Waals surface area contributed by atoms with Crippen LogP contribution in [-0.2, 0) is 35.2 Å². The number of aromatic amines is 1. The Labute approximate surface area is 229 Å². The van der Waals surface area contributed by atoms with Crippen molar-refractivity contribution in [2.24, 2.45) is 5.92 Å². The number of hydrogen-bond donors (Lipinski definition) is 5. The maximum atomic E-state index is 13.6. The molecule has 0 aliphatic heterocycles. The fraction of sp³-hybridized carbons (Fsp3) is 0.414. The zero-order valence-corrected chi connectivity index (χ0v) is 22.5. The first-order valence-corrected chi connectivity index (χ1v) is 13.2. The monoisotopic (exact) mass is 558 g/mol. The second-order valence-corrected chi connectivity index (χ2v) is 10.5. The number of halogens is 3. The van der Waals surface area contributed by atoms with Crippen LogP contribution >= 0.6 is 0 Å². The van der Waals surface area contributed by atoms with Gasteiger partial charge in [0.25, 0.3) is 0 Å². The Morgan fingerprint density at radius 1 is 1.12 bits per heavy atom. The van der Waals surface area contributed by atoms with Gasteiger partial charge < -0.3 is 26.0 Å². The van der Waals surface area contributed by atoms with E-state index in [2.05, 4.69) is 20.9 Å². The second kappa shape index (κ2) is 11.2. The third-order valence-corrected chi connectivity index (χ3v) is 7.74. The number of benzene rings is 2. The van der Waals surface area contributed by atoms with Gasteiger partial charge in [0.1, 0.15) is 11.6 Å². The summed E-state index contributed by atoms with van der Waals surface area (Å²) in [6.45, 7) is 5.81. The molecular weight excluding hydrogens is 525 g/mol.